The Hall–Kier alpha value is -4.45. The first kappa shape index (κ1) is 24.2. The molecule has 3 aromatic carbocycles. The van der Waals surface area contributed by atoms with Crippen LogP contribution in [0.25, 0.3) is 0 Å². The van der Waals surface area contributed by atoms with E-state index in [9.17, 15) is 23.3 Å². The van der Waals surface area contributed by atoms with Crippen LogP contribution in [-0.4, -0.2) is 39.7 Å². The van der Waals surface area contributed by atoms with E-state index in [1.54, 1.807) is 42.5 Å². The predicted octanol–water partition coefficient (Wildman–Crippen LogP) is 3.64. The van der Waals surface area contributed by atoms with Crippen LogP contribution in [0.15, 0.2) is 76.7 Å². The van der Waals surface area contributed by atoms with Crippen LogP contribution in [0.3, 0.4) is 0 Å². The number of nitro benzene ring substituents is 1. The number of nitro groups is 1. The highest BCUT2D eigenvalue weighted by molar-refractivity contribution is 7.93. The van der Waals surface area contributed by atoms with E-state index in [0.29, 0.717) is 11.1 Å². The second-order valence-electron chi connectivity index (χ2n) is 6.73. The molecule has 3 rings (SSSR count). The SMILES string of the molecule is COC(=O)c1ccc(/C=N/Nc2ccc([N+](=O)[O-])cc2S(=O)(=O)Nc2ccccc2OC)cc1. The molecule has 11 nitrogen and oxygen atoms in total. The Morgan fingerprint density at radius 3 is 2.38 bits per heavy atom. The summed E-state index contributed by atoms with van der Waals surface area (Å²) in [6, 6.07) is 16.0. The highest BCUT2D eigenvalue weighted by Gasteiger charge is 2.23. The number of sulfonamides is 1. The summed E-state index contributed by atoms with van der Waals surface area (Å²) in [5.74, 6) is -0.204. The summed E-state index contributed by atoms with van der Waals surface area (Å²) in [7, 11) is -1.60. The summed E-state index contributed by atoms with van der Waals surface area (Å²) in [6.45, 7) is 0. The van der Waals surface area contributed by atoms with Crippen LogP contribution in [0.1, 0.15) is 15.9 Å². The minimum atomic E-state index is -4.27. The smallest absolute Gasteiger partial charge is 0.337 e. The van der Waals surface area contributed by atoms with Gasteiger partial charge in [-0.1, -0.05) is 24.3 Å². The molecule has 176 valence electrons. The number of hydrazone groups is 1. The first-order valence-corrected chi connectivity index (χ1v) is 11.1. The van der Waals surface area contributed by atoms with Gasteiger partial charge in [-0.25, -0.2) is 13.2 Å². The van der Waals surface area contributed by atoms with Crippen LogP contribution in [-0.2, 0) is 14.8 Å². The highest BCUT2D eigenvalue weighted by Crippen LogP contribution is 2.31. The molecule has 0 aromatic heterocycles. The average molecular weight is 484 g/mol. The second-order valence-corrected chi connectivity index (χ2v) is 8.38. The number of anilines is 2. The van der Waals surface area contributed by atoms with E-state index < -0.39 is 26.6 Å². The number of non-ortho nitro benzene ring substituents is 1. The maximum Gasteiger partial charge on any atom is 0.337 e. The van der Waals surface area contributed by atoms with E-state index in [4.69, 9.17) is 4.74 Å². The molecule has 0 atom stereocenters. The summed E-state index contributed by atoms with van der Waals surface area (Å²) in [4.78, 5) is 21.7. The fourth-order valence-electron chi connectivity index (χ4n) is 2.87. The van der Waals surface area contributed by atoms with E-state index in [0.717, 1.165) is 12.1 Å². The molecule has 0 aliphatic heterocycles. The quantitative estimate of drug-likeness (QED) is 0.202. The van der Waals surface area contributed by atoms with Gasteiger partial charge in [0, 0.05) is 12.1 Å². The average Bonchev–Trinajstić information content (AvgIpc) is 2.84. The zero-order chi connectivity index (χ0) is 24.7. The molecule has 0 saturated heterocycles. The summed E-state index contributed by atoms with van der Waals surface area (Å²) in [5.41, 5.74) is 3.34. The van der Waals surface area contributed by atoms with E-state index in [1.165, 1.54) is 32.6 Å². The second kappa shape index (κ2) is 10.4. The van der Waals surface area contributed by atoms with Gasteiger partial charge in [0.15, 0.2) is 0 Å². The number of methoxy groups -OCH3 is 2. The van der Waals surface area contributed by atoms with Gasteiger partial charge >= 0.3 is 5.97 Å². The number of carbonyl (C=O) groups excluding carboxylic acids is 1. The third-order valence-corrected chi connectivity index (χ3v) is 5.95. The largest absolute Gasteiger partial charge is 0.495 e. The lowest BCUT2D eigenvalue weighted by Gasteiger charge is -2.14. The topological polar surface area (TPSA) is 149 Å². The number of carbonyl (C=O) groups is 1. The van der Waals surface area contributed by atoms with Crippen molar-refractivity contribution in [2.45, 2.75) is 4.90 Å². The summed E-state index contributed by atoms with van der Waals surface area (Å²) in [5, 5.41) is 15.3. The first-order valence-electron chi connectivity index (χ1n) is 9.67. The third kappa shape index (κ3) is 5.66. The molecule has 0 heterocycles. The Morgan fingerprint density at radius 2 is 1.74 bits per heavy atom. The minimum Gasteiger partial charge on any atom is -0.495 e. The molecule has 0 amide bonds. The fraction of sp³-hybridized carbons (Fsp3) is 0.0909. The van der Waals surface area contributed by atoms with Crippen molar-refractivity contribution in [2.75, 3.05) is 24.4 Å². The molecule has 34 heavy (non-hydrogen) atoms. The Kier molecular flexibility index (Phi) is 7.43. The van der Waals surface area contributed by atoms with Crippen LogP contribution in [0.4, 0.5) is 17.1 Å². The van der Waals surface area contributed by atoms with Gasteiger partial charge in [-0.3, -0.25) is 20.3 Å². The number of nitrogens with zero attached hydrogens (tertiary/aromatic N) is 2. The van der Waals surface area contributed by atoms with Crippen molar-refractivity contribution < 1.29 is 27.6 Å². The third-order valence-electron chi connectivity index (χ3n) is 4.55. The Morgan fingerprint density at radius 1 is 1.03 bits per heavy atom. The van der Waals surface area contributed by atoms with Gasteiger partial charge in [-0.05, 0) is 35.9 Å². The summed E-state index contributed by atoms with van der Waals surface area (Å²) < 4.78 is 38.4. The van der Waals surface area contributed by atoms with Crippen molar-refractivity contribution in [3.63, 3.8) is 0 Å². The molecule has 0 spiro atoms. The minimum absolute atomic E-state index is 0.00966. The lowest BCUT2D eigenvalue weighted by atomic mass is 10.1. The fourth-order valence-corrected chi connectivity index (χ4v) is 4.11. The van der Waals surface area contributed by atoms with Crippen LogP contribution >= 0.6 is 0 Å². The number of nitrogens with one attached hydrogen (secondary N) is 2. The van der Waals surface area contributed by atoms with Gasteiger partial charge in [-0.15, -0.1) is 0 Å². The number of rotatable bonds is 9. The lowest BCUT2D eigenvalue weighted by Crippen LogP contribution is -2.15. The van der Waals surface area contributed by atoms with Gasteiger partial charge in [0.2, 0.25) is 0 Å². The molecule has 12 heteroatoms. The van der Waals surface area contributed by atoms with Gasteiger partial charge in [0.25, 0.3) is 15.7 Å². The normalized spacial score (nSPS) is 11.1. The number of ether oxygens (including phenoxy) is 2. The summed E-state index contributed by atoms with van der Waals surface area (Å²) in [6.07, 6.45) is 1.40. The van der Waals surface area contributed by atoms with E-state index in [2.05, 4.69) is 20.0 Å². The predicted molar refractivity (Wildman–Crippen MR) is 126 cm³/mol. The standard InChI is InChI=1S/C22H20N4O7S/c1-32-20-6-4-3-5-18(20)25-34(30,31)21-13-17(26(28)29)11-12-19(21)24-23-14-15-7-9-16(10-8-15)22(27)33-2/h3-14,24-25H,1-2H3/b23-14+. The molecule has 0 aliphatic carbocycles. The molecule has 2 N–H and O–H groups in total. The first-order chi connectivity index (χ1) is 16.2. The van der Waals surface area contributed by atoms with Crippen molar-refractivity contribution in [1.82, 2.24) is 0 Å². The molecule has 0 saturated carbocycles. The van der Waals surface area contributed by atoms with Crippen molar-refractivity contribution >= 4 is 39.3 Å². The van der Waals surface area contributed by atoms with Crippen molar-refractivity contribution in [3.8, 4) is 5.75 Å². The van der Waals surface area contributed by atoms with Crippen LogP contribution in [0, 0.1) is 10.1 Å². The maximum absolute atomic E-state index is 13.1. The van der Waals surface area contributed by atoms with Crippen molar-refractivity contribution in [2.24, 2.45) is 5.10 Å². The summed E-state index contributed by atoms with van der Waals surface area (Å²) >= 11 is 0. The number of esters is 1. The molecule has 0 unspecified atom stereocenters. The van der Waals surface area contributed by atoms with Gasteiger partial charge in [0.05, 0.1) is 42.3 Å². The molecule has 3 aromatic rings. The molecule has 0 fully saturated rings. The highest BCUT2D eigenvalue weighted by atomic mass is 32.2. The van der Waals surface area contributed by atoms with E-state index in [1.807, 2.05) is 0 Å². The maximum atomic E-state index is 13.1. The Balaban J connectivity index is 1.90. The molecular formula is C22H20N4O7S. The Bertz CT molecular complexity index is 1340. The number of hydrogen-bond acceptors (Lipinski definition) is 9. The molecule has 0 radical (unpaired) electrons. The van der Waals surface area contributed by atoms with E-state index >= 15 is 0 Å². The van der Waals surface area contributed by atoms with Gasteiger partial charge in [0.1, 0.15) is 10.6 Å². The zero-order valence-electron chi connectivity index (χ0n) is 18.1. The number of para-hydroxylation sites is 2. The van der Waals surface area contributed by atoms with Crippen molar-refractivity contribution in [3.05, 3.63) is 88.0 Å². The molecule has 0 bridgehead atoms. The van der Waals surface area contributed by atoms with Crippen molar-refractivity contribution in [1.29, 1.82) is 0 Å². The monoisotopic (exact) mass is 484 g/mol. The van der Waals surface area contributed by atoms with Crippen LogP contribution < -0.4 is 14.9 Å². The molecule has 0 aliphatic rings. The van der Waals surface area contributed by atoms with Crippen LogP contribution in [0.5, 0.6) is 5.75 Å². The lowest BCUT2D eigenvalue weighted by molar-refractivity contribution is -0.385. The van der Waals surface area contributed by atoms with Crippen LogP contribution in [0.2, 0.25) is 0 Å². The number of benzene rings is 3. The van der Waals surface area contributed by atoms with Gasteiger partial charge < -0.3 is 9.47 Å². The Labute approximate surface area is 195 Å². The van der Waals surface area contributed by atoms with E-state index in [-0.39, 0.29) is 22.0 Å². The zero-order valence-corrected chi connectivity index (χ0v) is 18.9. The number of hydrogen-bond donors (Lipinski definition) is 2. The molecular weight excluding hydrogens is 464 g/mol. The van der Waals surface area contributed by atoms with Gasteiger partial charge in [-0.2, -0.15) is 5.10 Å².